The van der Waals surface area contributed by atoms with E-state index < -0.39 is 5.91 Å². The second kappa shape index (κ2) is 8.26. The van der Waals surface area contributed by atoms with Crippen LogP contribution in [0.1, 0.15) is 32.9 Å². The van der Waals surface area contributed by atoms with Gasteiger partial charge in [0.25, 0.3) is 5.91 Å². The summed E-state index contributed by atoms with van der Waals surface area (Å²) in [5.41, 5.74) is 7.38. The number of rotatable bonds is 5. The maximum atomic E-state index is 11.9. The first-order valence-corrected chi connectivity index (χ1v) is 8.60. The van der Waals surface area contributed by atoms with Gasteiger partial charge in [-0.3, -0.25) is 9.89 Å². The molecule has 0 bridgehead atoms. The van der Waals surface area contributed by atoms with Crippen molar-refractivity contribution in [1.29, 1.82) is 0 Å². The van der Waals surface area contributed by atoms with Gasteiger partial charge in [-0.15, -0.1) is 0 Å². The molecule has 1 amide bonds. The molecule has 2 aromatic carbocycles. The molecule has 0 radical (unpaired) electrons. The summed E-state index contributed by atoms with van der Waals surface area (Å²) in [5, 5.41) is 28.8. The van der Waals surface area contributed by atoms with Gasteiger partial charge < -0.3 is 5.11 Å². The lowest BCUT2D eigenvalue weighted by molar-refractivity contribution is 0.0950. The lowest BCUT2D eigenvalue weighted by atomic mass is 10.1. The Balaban J connectivity index is 1.71. The molecule has 0 unspecified atom stereocenters. The van der Waals surface area contributed by atoms with E-state index in [-0.39, 0.29) is 11.4 Å². The number of hydrazone groups is 1. The van der Waals surface area contributed by atoms with E-state index in [1.807, 2.05) is 32.0 Å². The quantitative estimate of drug-likeness (QED) is 0.352. The Morgan fingerprint density at radius 3 is 2.43 bits per heavy atom. The molecule has 0 aliphatic rings. The molecule has 8 nitrogen and oxygen atoms in total. The van der Waals surface area contributed by atoms with Gasteiger partial charge in [0.05, 0.1) is 17.6 Å². The van der Waals surface area contributed by atoms with Crippen LogP contribution < -0.4 is 5.43 Å². The van der Waals surface area contributed by atoms with Gasteiger partial charge in [0.1, 0.15) is 5.75 Å². The number of phenols is 1. The third kappa shape index (κ3) is 4.67. The highest BCUT2D eigenvalue weighted by Gasteiger charge is 2.07. The minimum absolute atomic E-state index is 0.0127. The van der Waals surface area contributed by atoms with E-state index in [9.17, 15) is 9.90 Å². The van der Waals surface area contributed by atoms with Gasteiger partial charge >= 0.3 is 0 Å². The van der Waals surface area contributed by atoms with Crippen molar-refractivity contribution in [2.75, 3.05) is 0 Å². The van der Waals surface area contributed by atoms with Crippen LogP contribution >= 0.6 is 0 Å². The van der Waals surface area contributed by atoms with Gasteiger partial charge in [0.15, 0.2) is 5.69 Å². The van der Waals surface area contributed by atoms with Gasteiger partial charge in [-0.2, -0.15) is 20.4 Å². The number of carbonyl (C=O) groups is 1. The molecular weight excluding hydrogens is 356 g/mol. The molecule has 0 atom stereocenters. The molecule has 0 saturated heterocycles. The van der Waals surface area contributed by atoms with Crippen LogP contribution in [0.25, 0.3) is 0 Å². The Morgan fingerprint density at radius 1 is 1.04 bits per heavy atom. The highest BCUT2D eigenvalue weighted by molar-refractivity contribution is 5.93. The summed E-state index contributed by atoms with van der Waals surface area (Å²) < 4.78 is 0. The lowest BCUT2D eigenvalue weighted by Crippen LogP contribution is -2.18. The number of amides is 1. The van der Waals surface area contributed by atoms with Crippen LogP contribution in [-0.4, -0.2) is 27.4 Å². The smallest absolute Gasteiger partial charge is 0.291 e. The summed E-state index contributed by atoms with van der Waals surface area (Å²) >= 11 is 0. The van der Waals surface area contributed by atoms with Gasteiger partial charge in [0, 0.05) is 11.3 Å². The van der Waals surface area contributed by atoms with Crippen molar-refractivity contribution >= 4 is 23.5 Å². The van der Waals surface area contributed by atoms with Crippen LogP contribution in [0.3, 0.4) is 0 Å². The number of aromatic hydroxyl groups is 1. The van der Waals surface area contributed by atoms with Crippen molar-refractivity contribution in [3.63, 3.8) is 0 Å². The third-order valence-electron chi connectivity index (χ3n) is 4.09. The largest absolute Gasteiger partial charge is 0.507 e. The van der Waals surface area contributed by atoms with Gasteiger partial charge in [-0.25, -0.2) is 5.43 Å². The van der Waals surface area contributed by atoms with E-state index in [0.717, 1.165) is 16.9 Å². The van der Waals surface area contributed by atoms with E-state index in [1.54, 1.807) is 25.1 Å². The van der Waals surface area contributed by atoms with Crippen molar-refractivity contribution in [3.8, 4) is 5.75 Å². The summed E-state index contributed by atoms with van der Waals surface area (Å²) in [7, 11) is 0. The molecule has 28 heavy (non-hydrogen) atoms. The number of benzene rings is 2. The monoisotopic (exact) mass is 376 g/mol. The van der Waals surface area contributed by atoms with E-state index in [4.69, 9.17) is 0 Å². The third-order valence-corrected chi connectivity index (χ3v) is 4.09. The summed E-state index contributed by atoms with van der Waals surface area (Å²) in [6.45, 7) is 5.85. The zero-order chi connectivity index (χ0) is 20.1. The van der Waals surface area contributed by atoms with Crippen LogP contribution in [-0.2, 0) is 0 Å². The normalized spacial score (nSPS) is 11.4. The molecule has 8 heteroatoms. The molecule has 0 saturated carbocycles. The summed E-state index contributed by atoms with van der Waals surface area (Å²) in [6.07, 6.45) is 1.34. The first kappa shape index (κ1) is 19.0. The number of nitrogens with zero attached hydrogens (tertiary/aromatic N) is 4. The number of hydrogen-bond donors (Lipinski definition) is 3. The molecular formula is C20H20N6O2. The average molecular weight is 376 g/mol. The van der Waals surface area contributed by atoms with Gasteiger partial charge in [-0.05, 0) is 68.3 Å². The van der Waals surface area contributed by atoms with Crippen LogP contribution in [0.5, 0.6) is 5.75 Å². The summed E-state index contributed by atoms with van der Waals surface area (Å²) in [5.74, 6) is -0.440. The number of H-pyrrole nitrogens is 1. The molecule has 3 rings (SSSR count). The van der Waals surface area contributed by atoms with Crippen LogP contribution in [0.2, 0.25) is 0 Å². The lowest BCUT2D eigenvalue weighted by Gasteiger charge is -2.01. The van der Waals surface area contributed by atoms with Crippen LogP contribution in [0, 0.1) is 20.8 Å². The zero-order valence-electron chi connectivity index (χ0n) is 15.8. The molecule has 3 aromatic rings. The van der Waals surface area contributed by atoms with Crippen molar-refractivity contribution in [1.82, 2.24) is 15.6 Å². The molecule has 1 heterocycles. The molecule has 142 valence electrons. The highest BCUT2D eigenvalue weighted by atomic mass is 16.3. The topological polar surface area (TPSA) is 115 Å². The summed E-state index contributed by atoms with van der Waals surface area (Å²) in [6, 6.07) is 12.2. The Labute approximate surface area is 162 Å². The first-order chi connectivity index (χ1) is 13.4. The summed E-state index contributed by atoms with van der Waals surface area (Å²) in [4.78, 5) is 11.9. The Kier molecular flexibility index (Phi) is 5.59. The second-order valence-corrected chi connectivity index (χ2v) is 6.35. The van der Waals surface area contributed by atoms with E-state index in [0.29, 0.717) is 11.3 Å². The predicted molar refractivity (Wildman–Crippen MR) is 107 cm³/mol. The maximum Gasteiger partial charge on any atom is 0.291 e. The fourth-order valence-corrected chi connectivity index (χ4v) is 2.36. The number of nitrogens with one attached hydrogen (secondary N) is 2. The molecule has 0 fully saturated rings. The molecule has 1 aromatic heterocycles. The Morgan fingerprint density at radius 2 is 1.75 bits per heavy atom. The Bertz CT molecular complexity index is 1070. The van der Waals surface area contributed by atoms with E-state index in [1.165, 1.54) is 17.8 Å². The van der Waals surface area contributed by atoms with Gasteiger partial charge in [-0.1, -0.05) is 6.07 Å². The highest BCUT2D eigenvalue weighted by Crippen LogP contribution is 2.25. The van der Waals surface area contributed by atoms with Crippen molar-refractivity contribution in [2.24, 2.45) is 15.3 Å². The van der Waals surface area contributed by atoms with Crippen molar-refractivity contribution in [2.45, 2.75) is 20.8 Å². The molecule has 0 aliphatic carbocycles. The zero-order valence-corrected chi connectivity index (χ0v) is 15.8. The molecule has 0 aliphatic heterocycles. The predicted octanol–water partition coefficient (Wildman–Crippen LogP) is 4.22. The number of aryl methyl sites for hydroxylation is 3. The molecule has 0 spiro atoms. The van der Waals surface area contributed by atoms with Gasteiger partial charge in [0.2, 0.25) is 0 Å². The van der Waals surface area contributed by atoms with E-state index >= 15 is 0 Å². The number of aromatic nitrogens is 2. The molecule has 3 N–H and O–H groups in total. The SMILES string of the molecule is Cc1cc(C(=O)N/N=C\c2cc(N=Nc3ccc(C)c(C)c3)ccc2O)n[nH]1. The number of carbonyl (C=O) groups excluding carboxylic acids is 1. The van der Waals surface area contributed by atoms with Crippen LogP contribution in [0.4, 0.5) is 11.4 Å². The minimum Gasteiger partial charge on any atom is -0.507 e. The maximum absolute atomic E-state index is 11.9. The number of azo groups is 1. The van der Waals surface area contributed by atoms with Crippen molar-refractivity contribution < 1.29 is 9.90 Å². The number of hydrogen-bond acceptors (Lipinski definition) is 6. The fourth-order valence-electron chi connectivity index (χ4n) is 2.36. The first-order valence-electron chi connectivity index (χ1n) is 8.60. The van der Waals surface area contributed by atoms with E-state index in [2.05, 4.69) is 31.0 Å². The van der Waals surface area contributed by atoms with Crippen molar-refractivity contribution in [3.05, 3.63) is 70.5 Å². The fraction of sp³-hybridized carbons (Fsp3) is 0.150. The Hall–Kier alpha value is -3.81. The average Bonchev–Trinajstić information content (AvgIpc) is 3.11. The van der Waals surface area contributed by atoms with Crippen LogP contribution in [0.15, 0.2) is 57.8 Å². The number of aromatic amines is 1. The number of phenolic OH excluding ortho intramolecular Hbond substituents is 1. The minimum atomic E-state index is -0.453. The second-order valence-electron chi connectivity index (χ2n) is 6.35. The standard InChI is InChI=1S/C20H20N6O2/c1-12-4-5-16(8-13(12)2)23-24-17-6-7-19(27)15(10-17)11-21-26-20(28)18-9-14(3)22-25-18/h4-11,27H,1-3H3,(H,22,25)(H,26,28)/b21-11-,24-23?.